The highest BCUT2D eigenvalue weighted by molar-refractivity contribution is 6.37. The van der Waals surface area contributed by atoms with E-state index in [4.69, 9.17) is 9.47 Å². The monoisotopic (exact) mass is 450 g/mol. The van der Waals surface area contributed by atoms with Crippen LogP contribution in [-0.2, 0) is 14.3 Å². The maximum absolute atomic E-state index is 13.5. The van der Waals surface area contributed by atoms with Gasteiger partial charge in [-0.05, 0) is 30.3 Å². The number of morpholine rings is 1. The number of anilines is 2. The molecular formula is C25H30N4O4. The van der Waals surface area contributed by atoms with Gasteiger partial charge in [0, 0.05) is 57.2 Å². The fourth-order valence-corrected chi connectivity index (χ4v) is 4.05. The van der Waals surface area contributed by atoms with Gasteiger partial charge in [-0.25, -0.2) is 0 Å². The van der Waals surface area contributed by atoms with E-state index in [9.17, 15) is 9.59 Å². The molecule has 0 aliphatic carbocycles. The maximum atomic E-state index is 13.5. The molecule has 1 N–H and O–H groups in total. The number of nitrogens with zero attached hydrogens (tertiary/aromatic N) is 3. The molecule has 0 bridgehead atoms. The first-order chi connectivity index (χ1) is 16.0. The summed E-state index contributed by atoms with van der Waals surface area (Å²) >= 11 is 0. The van der Waals surface area contributed by atoms with Crippen molar-refractivity contribution in [3.8, 4) is 5.75 Å². The summed E-state index contributed by atoms with van der Waals surface area (Å²) in [4.78, 5) is 32.5. The van der Waals surface area contributed by atoms with E-state index in [0.717, 1.165) is 24.5 Å². The number of nitrogens with one attached hydrogen (secondary N) is 1. The first-order valence-electron chi connectivity index (χ1n) is 11.1. The minimum absolute atomic E-state index is 0.268. The molecule has 1 fully saturated rings. The van der Waals surface area contributed by atoms with Crippen LogP contribution in [0.2, 0.25) is 0 Å². The Hall–Kier alpha value is -3.36. The van der Waals surface area contributed by atoms with Gasteiger partial charge in [-0.3, -0.25) is 19.4 Å². The van der Waals surface area contributed by atoms with Crippen molar-refractivity contribution in [3.05, 3.63) is 59.8 Å². The van der Waals surface area contributed by atoms with Crippen LogP contribution in [-0.4, -0.2) is 82.2 Å². The predicted octanol–water partition coefficient (Wildman–Crippen LogP) is 2.29. The first-order valence-corrected chi connectivity index (χ1v) is 11.1. The van der Waals surface area contributed by atoms with E-state index < -0.39 is 0 Å². The Morgan fingerprint density at radius 1 is 0.970 bits per heavy atom. The molecule has 0 atom stereocenters. The second-order valence-corrected chi connectivity index (χ2v) is 8.23. The summed E-state index contributed by atoms with van der Waals surface area (Å²) < 4.78 is 10.9. The standard InChI is InChI=1S/C25H30N4O4/c1-27(2)19-10-8-18(9-11-19)26-23-22(20-6-4-5-7-21(20)32-3)24(30)29(25(23)31)13-12-28-14-16-33-17-15-28/h4-11,26H,12-17H2,1-3H3. The fourth-order valence-electron chi connectivity index (χ4n) is 4.05. The van der Waals surface area contributed by atoms with E-state index in [0.29, 0.717) is 43.2 Å². The van der Waals surface area contributed by atoms with E-state index >= 15 is 0 Å². The summed E-state index contributed by atoms with van der Waals surface area (Å²) in [6, 6.07) is 15.0. The van der Waals surface area contributed by atoms with E-state index in [-0.39, 0.29) is 17.5 Å². The molecule has 2 aliphatic heterocycles. The molecule has 8 heteroatoms. The molecule has 0 saturated carbocycles. The van der Waals surface area contributed by atoms with Gasteiger partial charge in [-0.2, -0.15) is 0 Å². The number of para-hydroxylation sites is 1. The van der Waals surface area contributed by atoms with Crippen molar-refractivity contribution in [1.82, 2.24) is 9.80 Å². The first kappa shape index (κ1) is 22.8. The molecule has 0 spiro atoms. The molecule has 8 nitrogen and oxygen atoms in total. The van der Waals surface area contributed by atoms with Crippen LogP contribution in [0.1, 0.15) is 5.56 Å². The zero-order valence-corrected chi connectivity index (χ0v) is 19.3. The summed E-state index contributed by atoms with van der Waals surface area (Å²) in [5, 5.41) is 3.21. The lowest BCUT2D eigenvalue weighted by Crippen LogP contribution is -2.43. The third-order valence-electron chi connectivity index (χ3n) is 5.94. The zero-order chi connectivity index (χ0) is 23.4. The summed E-state index contributed by atoms with van der Waals surface area (Å²) in [7, 11) is 5.50. The lowest BCUT2D eigenvalue weighted by Gasteiger charge is -2.28. The van der Waals surface area contributed by atoms with Crippen molar-refractivity contribution in [2.75, 3.05) is 70.8 Å². The molecule has 2 aromatic rings. The van der Waals surface area contributed by atoms with Crippen LogP contribution >= 0.6 is 0 Å². The highest BCUT2D eigenvalue weighted by atomic mass is 16.5. The predicted molar refractivity (Wildman–Crippen MR) is 128 cm³/mol. The Morgan fingerprint density at radius 3 is 2.33 bits per heavy atom. The summed E-state index contributed by atoms with van der Waals surface area (Å²) in [6.07, 6.45) is 0. The Morgan fingerprint density at radius 2 is 1.67 bits per heavy atom. The maximum Gasteiger partial charge on any atom is 0.278 e. The molecule has 0 unspecified atom stereocenters. The van der Waals surface area contributed by atoms with Crippen LogP contribution < -0.4 is 15.0 Å². The Bertz CT molecular complexity index is 1040. The average molecular weight is 451 g/mol. The van der Waals surface area contributed by atoms with Gasteiger partial charge in [0.1, 0.15) is 11.4 Å². The van der Waals surface area contributed by atoms with Gasteiger partial charge >= 0.3 is 0 Å². The molecule has 33 heavy (non-hydrogen) atoms. The summed E-state index contributed by atoms with van der Waals surface area (Å²) in [5.41, 5.74) is 2.97. The van der Waals surface area contributed by atoms with Crippen LogP contribution in [0.4, 0.5) is 11.4 Å². The molecule has 2 heterocycles. The van der Waals surface area contributed by atoms with Gasteiger partial charge in [-0.15, -0.1) is 0 Å². The molecule has 0 aromatic heterocycles. The number of methoxy groups -OCH3 is 1. The molecule has 0 radical (unpaired) electrons. The fraction of sp³-hybridized carbons (Fsp3) is 0.360. The van der Waals surface area contributed by atoms with Crippen LogP contribution in [0.15, 0.2) is 54.2 Å². The minimum atomic E-state index is -0.328. The Labute approximate surface area is 194 Å². The summed E-state index contributed by atoms with van der Waals surface area (Å²) in [6.45, 7) is 3.87. The van der Waals surface area contributed by atoms with Crippen LogP contribution in [0, 0.1) is 0 Å². The number of hydrogen-bond acceptors (Lipinski definition) is 7. The number of benzene rings is 2. The number of carbonyl (C=O) groups excluding carboxylic acids is 2. The van der Waals surface area contributed by atoms with E-state index in [1.54, 1.807) is 13.2 Å². The number of rotatable bonds is 8. The second-order valence-electron chi connectivity index (χ2n) is 8.23. The Balaban J connectivity index is 1.65. The minimum Gasteiger partial charge on any atom is -0.496 e. The van der Waals surface area contributed by atoms with E-state index in [1.165, 1.54) is 4.90 Å². The van der Waals surface area contributed by atoms with Gasteiger partial charge in [0.05, 0.1) is 25.9 Å². The Kier molecular flexibility index (Phi) is 6.96. The van der Waals surface area contributed by atoms with Crippen molar-refractivity contribution < 1.29 is 19.1 Å². The average Bonchev–Trinajstić information content (AvgIpc) is 3.07. The molecule has 1 saturated heterocycles. The van der Waals surface area contributed by atoms with Crippen molar-refractivity contribution >= 4 is 28.8 Å². The van der Waals surface area contributed by atoms with Crippen LogP contribution in [0.25, 0.3) is 5.57 Å². The van der Waals surface area contributed by atoms with Gasteiger partial charge in [0.2, 0.25) is 0 Å². The zero-order valence-electron chi connectivity index (χ0n) is 19.3. The normalized spacial score (nSPS) is 17.0. The second kappa shape index (κ2) is 10.1. The number of hydrogen-bond donors (Lipinski definition) is 1. The van der Waals surface area contributed by atoms with Crippen molar-refractivity contribution in [3.63, 3.8) is 0 Å². The lowest BCUT2D eigenvalue weighted by molar-refractivity contribution is -0.137. The number of ether oxygens (including phenoxy) is 2. The van der Waals surface area contributed by atoms with Crippen molar-refractivity contribution in [1.29, 1.82) is 0 Å². The number of amides is 2. The topological polar surface area (TPSA) is 74.3 Å². The van der Waals surface area contributed by atoms with Gasteiger partial charge in [-0.1, -0.05) is 18.2 Å². The number of imide groups is 1. The SMILES string of the molecule is COc1ccccc1C1=C(Nc2ccc(N(C)C)cc2)C(=O)N(CCN2CCOCC2)C1=O. The van der Waals surface area contributed by atoms with Crippen LogP contribution in [0.5, 0.6) is 5.75 Å². The highest BCUT2D eigenvalue weighted by Gasteiger charge is 2.40. The van der Waals surface area contributed by atoms with Gasteiger partial charge in [0.15, 0.2) is 0 Å². The van der Waals surface area contributed by atoms with Crippen LogP contribution in [0.3, 0.4) is 0 Å². The molecule has 2 amide bonds. The van der Waals surface area contributed by atoms with E-state index in [1.807, 2.05) is 61.5 Å². The smallest absolute Gasteiger partial charge is 0.278 e. The molecule has 2 aliphatic rings. The largest absolute Gasteiger partial charge is 0.496 e. The lowest BCUT2D eigenvalue weighted by atomic mass is 10.0. The third kappa shape index (κ3) is 4.86. The van der Waals surface area contributed by atoms with Crippen molar-refractivity contribution in [2.45, 2.75) is 0 Å². The highest BCUT2D eigenvalue weighted by Crippen LogP contribution is 2.35. The van der Waals surface area contributed by atoms with Gasteiger partial charge < -0.3 is 19.7 Å². The van der Waals surface area contributed by atoms with Crippen molar-refractivity contribution in [2.24, 2.45) is 0 Å². The number of carbonyl (C=O) groups is 2. The molecular weight excluding hydrogens is 420 g/mol. The molecule has 2 aromatic carbocycles. The third-order valence-corrected chi connectivity index (χ3v) is 5.94. The summed E-state index contributed by atoms with van der Waals surface area (Å²) in [5.74, 6) is -0.0954. The molecule has 174 valence electrons. The van der Waals surface area contributed by atoms with E-state index in [2.05, 4.69) is 10.2 Å². The molecule has 4 rings (SSSR count). The quantitative estimate of drug-likeness (QED) is 0.619. The van der Waals surface area contributed by atoms with Gasteiger partial charge in [0.25, 0.3) is 11.8 Å².